The molecule has 0 saturated heterocycles. The van der Waals surface area contributed by atoms with Gasteiger partial charge < -0.3 is 19.9 Å². The molecule has 0 aliphatic heterocycles. The molecule has 1 aromatic carbocycles. The molecule has 140 valence electrons. The van der Waals surface area contributed by atoms with E-state index in [1.807, 2.05) is 36.4 Å². The number of carboxylic acids is 1. The first-order chi connectivity index (χ1) is 12.2. The Kier molecular flexibility index (Phi) is 6.26. The molecule has 2 N–H and O–H groups in total. The third-order valence-electron chi connectivity index (χ3n) is 3.41. The van der Waals surface area contributed by atoms with Crippen LogP contribution in [0.15, 0.2) is 36.4 Å². The quantitative estimate of drug-likeness (QED) is 0.796. The van der Waals surface area contributed by atoms with Crippen molar-refractivity contribution in [3.63, 3.8) is 0 Å². The van der Waals surface area contributed by atoms with Crippen LogP contribution in [0, 0.1) is 0 Å². The van der Waals surface area contributed by atoms with Crippen molar-refractivity contribution >= 4 is 23.4 Å². The van der Waals surface area contributed by atoms with Crippen molar-refractivity contribution in [1.82, 2.24) is 5.32 Å². The van der Waals surface area contributed by atoms with Crippen LogP contribution in [0.2, 0.25) is 0 Å². The number of ether oxygens (including phenoxy) is 2. The zero-order valence-electron chi connectivity index (χ0n) is 15.2. The summed E-state index contributed by atoms with van der Waals surface area (Å²) >= 11 is 1.48. The predicted molar refractivity (Wildman–Crippen MR) is 101 cm³/mol. The molecule has 26 heavy (non-hydrogen) atoms. The van der Waals surface area contributed by atoms with Gasteiger partial charge in [-0.25, -0.2) is 9.59 Å². The molecule has 0 bridgehead atoms. The second kappa shape index (κ2) is 8.23. The smallest absolute Gasteiger partial charge is 0.408 e. The van der Waals surface area contributed by atoms with E-state index in [0.717, 1.165) is 21.1 Å². The first-order valence-electron chi connectivity index (χ1n) is 8.13. The van der Waals surface area contributed by atoms with Gasteiger partial charge >= 0.3 is 12.1 Å². The molecule has 0 fully saturated rings. The molecule has 1 aromatic heterocycles. The van der Waals surface area contributed by atoms with E-state index in [2.05, 4.69) is 5.32 Å². The van der Waals surface area contributed by atoms with Crippen molar-refractivity contribution in [3.8, 4) is 16.2 Å². The second-order valence-electron chi connectivity index (χ2n) is 6.74. The number of hydrogen-bond acceptors (Lipinski definition) is 5. The first kappa shape index (κ1) is 19.8. The lowest BCUT2D eigenvalue weighted by Crippen LogP contribution is -2.44. The summed E-state index contributed by atoms with van der Waals surface area (Å²) in [5, 5.41) is 11.8. The van der Waals surface area contributed by atoms with Gasteiger partial charge in [0.1, 0.15) is 17.4 Å². The maximum absolute atomic E-state index is 11.9. The number of rotatable bonds is 6. The SMILES string of the molecule is COc1cccc(-c2ccc(CC(NC(=O)OC(C)(C)C)C(=O)O)s2)c1. The number of benzene rings is 1. The fourth-order valence-electron chi connectivity index (χ4n) is 2.27. The molecule has 1 amide bonds. The van der Waals surface area contributed by atoms with E-state index in [1.165, 1.54) is 11.3 Å². The van der Waals surface area contributed by atoms with Crippen molar-refractivity contribution in [2.24, 2.45) is 0 Å². The lowest BCUT2D eigenvalue weighted by atomic mass is 10.1. The zero-order valence-corrected chi connectivity index (χ0v) is 16.1. The summed E-state index contributed by atoms with van der Waals surface area (Å²) in [6.45, 7) is 5.17. The van der Waals surface area contributed by atoms with Crippen molar-refractivity contribution < 1.29 is 24.2 Å². The Morgan fingerprint density at radius 2 is 1.96 bits per heavy atom. The molecule has 1 unspecified atom stereocenters. The van der Waals surface area contributed by atoms with Gasteiger partial charge in [-0.3, -0.25) is 0 Å². The van der Waals surface area contributed by atoms with Crippen LogP contribution >= 0.6 is 11.3 Å². The van der Waals surface area contributed by atoms with Crippen LogP contribution in [-0.4, -0.2) is 35.9 Å². The molecular weight excluding hydrogens is 354 g/mol. The van der Waals surface area contributed by atoms with Crippen LogP contribution in [0.1, 0.15) is 25.6 Å². The molecule has 1 atom stereocenters. The predicted octanol–water partition coefficient (Wildman–Crippen LogP) is 3.94. The van der Waals surface area contributed by atoms with Gasteiger partial charge in [-0.15, -0.1) is 11.3 Å². The van der Waals surface area contributed by atoms with E-state index in [4.69, 9.17) is 9.47 Å². The van der Waals surface area contributed by atoms with Crippen molar-refractivity contribution in [2.45, 2.75) is 38.8 Å². The first-order valence-corrected chi connectivity index (χ1v) is 8.95. The van der Waals surface area contributed by atoms with Gasteiger partial charge in [0.25, 0.3) is 0 Å². The zero-order chi connectivity index (χ0) is 19.3. The minimum absolute atomic E-state index is 0.184. The average Bonchev–Trinajstić information content (AvgIpc) is 3.01. The number of nitrogens with one attached hydrogen (secondary N) is 1. The number of aliphatic carboxylic acids is 1. The van der Waals surface area contributed by atoms with E-state index < -0.39 is 23.7 Å². The number of amides is 1. The van der Waals surface area contributed by atoms with Crippen molar-refractivity contribution in [2.75, 3.05) is 7.11 Å². The third-order valence-corrected chi connectivity index (χ3v) is 4.57. The topological polar surface area (TPSA) is 84.9 Å². The van der Waals surface area contributed by atoms with E-state index in [-0.39, 0.29) is 6.42 Å². The molecule has 0 radical (unpaired) electrons. The molecule has 1 heterocycles. The van der Waals surface area contributed by atoms with Crippen LogP contribution in [0.25, 0.3) is 10.4 Å². The highest BCUT2D eigenvalue weighted by Gasteiger charge is 2.24. The molecule has 2 rings (SSSR count). The highest BCUT2D eigenvalue weighted by atomic mass is 32.1. The normalized spacial score (nSPS) is 12.3. The van der Waals surface area contributed by atoms with Crippen LogP contribution in [0.4, 0.5) is 4.79 Å². The minimum atomic E-state index is -1.10. The highest BCUT2D eigenvalue weighted by molar-refractivity contribution is 7.15. The van der Waals surface area contributed by atoms with E-state index in [1.54, 1.807) is 27.9 Å². The second-order valence-corrected chi connectivity index (χ2v) is 7.91. The van der Waals surface area contributed by atoms with Gasteiger partial charge in [0.15, 0.2) is 0 Å². The summed E-state index contributed by atoms with van der Waals surface area (Å²) in [7, 11) is 1.61. The minimum Gasteiger partial charge on any atom is -0.497 e. The molecule has 0 saturated carbocycles. The van der Waals surface area contributed by atoms with Gasteiger partial charge in [0, 0.05) is 16.2 Å². The average molecular weight is 377 g/mol. The largest absolute Gasteiger partial charge is 0.497 e. The van der Waals surface area contributed by atoms with Gasteiger partial charge in [-0.1, -0.05) is 12.1 Å². The Morgan fingerprint density at radius 1 is 1.23 bits per heavy atom. The number of methoxy groups -OCH3 is 1. The Hall–Kier alpha value is -2.54. The Labute approximate surface area is 156 Å². The monoisotopic (exact) mass is 377 g/mol. The number of hydrogen-bond donors (Lipinski definition) is 2. The lowest BCUT2D eigenvalue weighted by Gasteiger charge is -2.21. The number of alkyl carbamates (subject to hydrolysis) is 1. The summed E-state index contributed by atoms with van der Waals surface area (Å²) in [5.74, 6) is -0.348. The maximum Gasteiger partial charge on any atom is 0.408 e. The summed E-state index contributed by atoms with van der Waals surface area (Å²) < 4.78 is 10.4. The van der Waals surface area contributed by atoms with Crippen LogP contribution in [0.3, 0.4) is 0 Å². The number of carbonyl (C=O) groups is 2. The molecule has 7 heteroatoms. The molecular formula is C19H23NO5S. The number of carboxylic acid groups (broad SMARTS) is 1. The van der Waals surface area contributed by atoms with Crippen LogP contribution in [-0.2, 0) is 16.0 Å². The maximum atomic E-state index is 11.9. The third kappa shape index (κ3) is 5.77. The Morgan fingerprint density at radius 3 is 2.58 bits per heavy atom. The fraction of sp³-hybridized carbons (Fsp3) is 0.368. The van der Waals surface area contributed by atoms with Crippen LogP contribution in [0.5, 0.6) is 5.75 Å². The summed E-state index contributed by atoms with van der Waals surface area (Å²) in [6.07, 6.45) is -0.557. The summed E-state index contributed by atoms with van der Waals surface area (Å²) in [4.78, 5) is 25.2. The van der Waals surface area contributed by atoms with Crippen molar-refractivity contribution in [1.29, 1.82) is 0 Å². The van der Waals surface area contributed by atoms with Gasteiger partial charge in [0.05, 0.1) is 7.11 Å². The molecule has 0 aliphatic carbocycles. The molecule has 0 aliphatic rings. The summed E-state index contributed by atoms with van der Waals surface area (Å²) in [6, 6.07) is 10.4. The number of carbonyl (C=O) groups excluding carboxylic acids is 1. The van der Waals surface area contributed by atoms with Crippen LogP contribution < -0.4 is 10.1 Å². The highest BCUT2D eigenvalue weighted by Crippen LogP contribution is 2.31. The van der Waals surface area contributed by atoms with Gasteiger partial charge in [0.2, 0.25) is 0 Å². The molecule has 6 nitrogen and oxygen atoms in total. The number of thiophene rings is 1. The summed E-state index contributed by atoms with van der Waals surface area (Å²) in [5.41, 5.74) is 0.308. The standard InChI is InChI=1S/C19H23NO5S/c1-19(2,3)25-18(23)20-15(17(21)22)11-14-8-9-16(26-14)12-6-5-7-13(10-12)24-4/h5-10,15H,11H2,1-4H3,(H,20,23)(H,21,22). The lowest BCUT2D eigenvalue weighted by molar-refractivity contribution is -0.139. The van der Waals surface area contributed by atoms with E-state index in [0.29, 0.717) is 0 Å². The van der Waals surface area contributed by atoms with E-state index >= 15 is 0 Å². The van der Waals surface area contributed by atoms with Gasteiger partial charge in [-0.2, -0.15) is 0 Å². The molecule has 2 aromatic rings. The Bertz CT molecular complexity index is 778. The Balaban J connectivity index is 2.09. The van der Waals surface area contributed by atoms with Gasteiger partial charge in [-0.05, 0) is 50.6 Å². The van der Waals surface area contributed by atoms with Crippen molar-refractivity contribution in [3.05, 3.63) is 41.3 Å². The molecule has 0 spiro atoms. The fourth-order valence-corrected chi connectivity index (χ4v) is 3.32. The van der Waals surface area contributed by atoms with E-state index in [9.17, 15) is 14.7 Å².